The van der Waals surface area contributed by atoms with Crippen LogP contribution in [0.3, 0.4) is 0 Å². The molecule has 1 amide bonds. The number of hydrogen-bond donors (Lipinski definition) is 16. The van der Waals surface area contributed by atoms with Gasteiger partial charge in [0, 0.05) is 13.3 Å². The van der Waals surface area contributed by atoms with E-state index in [-0.39, 0.29) is 0 Å². The van der Waals surface area contributed by atoms with E-state index in [1.807, 2.05) is 0 Å². The Morgan fingerprint density at radius 3 is 2.02 bits per heavy atom. The normalized spacial score (nSPS) is 41.5. The predicted molar refractivity (Wildman–Crippen MR) is 163 cm³/mol. The zero-order valence-corrected chi connectivity index (χ0v) is 28.5. The van der Waals surface area contributed by atoms with E-state index in [1.54, 1.807) is 0 Å². The van der Waals surface area contributed by atoms with E-state index < -0.39 is 167 Å². The van der Waals surface area contributed by atoms with Crippen LogP contribution in [0.2, 0.25) is 0 Å². The summed E-state index contributed by atoms with van der Waals surface area (Å²) in [5.41, 5.74) is 0. The number of aliphatic hydroxyl groups is 14. The number of aliphatic carboxylic acids is 1. The van der Waals surface area contributed by atoms with Gasteiger partial charge >= 0.3 is 5.97 Å². The minimum atomic E-state index is -2.97. The van der Waals surface area contributed by atoms with Crippen molar-refractivity contribution in [3.05, 3.63) is 0 Å². The Morgan fingerprint density at radius 1 is 0.830 bits per heavy atom. The molecule has 3 aliphatic heterocycles. The summed E-state index contributed by atoms with van der Waals surface area (Å²) in [7, 11) is 0. The van der Waals surface area contributed by atoms with Crippen molar-refractivity contribution in [2.24, 2.45) is 0 Å². The maximum absolute atomic E-state index is 12.4. The molecule has 0 saturated carbocycles. The smallest absolute Gasteiger partial charge is 0.364 e. The van der Waals surface area contributed by atoms with Gasteiger partial charge < -0.3 is 110 Å². The topological polar surface area (TPSA) is 405 Å². The minimum absolute atomic E-state index is 0.820. The second-order valence-corrected chi connectivity index (χ2v) is 13.1. The van der Waals surface area contributed by atoms with Gasteiger partial charge in [0.15, 0.2) is 12.6 Å². The first-order valence-electron chi connectivity index (χ1n) is 16.5. The predicted octanol–water partition coefficient (Wildman–Crippen LogP) is -9.74. The highest BCUT2D eigenvalue weighted by atomic mass is 16.8. The molecule has 0 unspecified atom stereocenters. The largest absolute Gasteiger partial charge is 0.477 e. The van der Waals surface area contributed by atoms with Gasteiger partial charge in [-0.2, -0.15) is 0 Å². The van der Waals surface area contributed by atoms with Crippen LogP contribution in [0.1, 0.15) is 20.3 Å². The van der Waals surface area contributed by atoms with E-state index in [9.17, 15) is 86.2 Å². The minimum Gasteiger partial charge on any atom is -0.477 e. The van der Waals surface area contributed by atoms with Gasteiger partial charge in [-0.1, -0.05) is 0 Å². The van der Waals surface area contributed by atoms with Crippen LogP contribution in [0, 0.1) is 0 Å². The molecule has 0 radical (unpaired) electrons. The molecular weight excluding hydrogens is 730 g/mol. The summed E-state index contributed by atoms with van der Waals surface area (Å²) < 4.78 is 32.9. The standard InChI is InChI=1S/C29H51NO23/c1-8-15(38)20(43)22(45)26(49-8)52-25-21(44)19(42)14(6-33)50-27(25)51-23(10(4-31)30-9(2)34)18(41)13(37)7-48-29(28(46)47)3-11(35)16(39)24(53-29)17(40)12(36)5-32/h8,10-27,31-33,35-45H,3-7H2,1-2H3,(H,30,34)(H,46,47)/t8-,10-,11-,12+,13+,14+,15+,16+,17+,18-,19-,20+,21-,22-,23+,24+,25+,26-,27+,29+/m0/s1. The molecule has 3 rings (SSSR count). The molecule has 24 heteroatoms. The lowest BCUT2D eigenvalue weighted by Gasteiger charge is -2.47. The number of carboxylic acid groups (broad SMARTS) is 1. The van der Waals surface area contributed by atoms with Gasteiger partial charge in [0.25, 0.3) is 5.79 Å². The summed E-state index contributed by atoms with van der Waals surface area (Å²) in [5, 5.41) is 157. The van der Waals surface area contributed by atoms with Gasteiger partial charge in [-0.3, -0.25) is 4.79 Å². The van der Waals surface area contributed by atoms with Crippen molar-refractivity contribution in [3.63, 3.8) is 0 Å². The van der Waals surface area contributed by atoms with Crippen LogP contribution >= 0.6 is 0 Å². The molecular formula is C29H51NO23. The molecule has 0 bridgehead atoms. The lowest BCUT2D eigenvalue weighted by molar-refractivity contribution is -0.374. The summed E-state index contributed by atoms with van der Waals surface area (Å²) in [6, 6.07) is -1.66. The van der Waals surface area contributed by atoms with Gasteiger partial charge in [-0.05, 0) is 6.92 Å². The molecule has 53 heavy (non-hydrogen) atoms. The van der Waals surface area contributed by atoms with Gasteiger partial charge in [-0.25, -0.2) is 4.79 Å². The molecule has 3 fully saturated rings. The number of carbonyl (C=O) groups excluding carboxylic acids is 1. The number of carboxylic acids is 1. The van der Waals surface area contributed by atoms with Gasteiger partial charge in [0.1, 0.15) is 85.5 Å². The SMILES string of the molecule is CC(=O)N[C@@H](CO)[C@@H](O[C@H]1O[C@H](CO)[C@H](O)[C@H](O)[C@H]1O[C@@H]1O[C@@H](C)[C@@H](O)[C@@H](O)[C@@H]1O)[C@@H](O)[C@H](O)CO[C@]1(C(=O)O)C[C@H](O)[C@@H](O)[C@H]([C@H](O)[C@H](O)CO)O1. The van der Waals surface area contributed by atoms with Crippen molar-refractivity contribution in [2.75, 3.05) is 26.4 Å². The molecule has 3 heterocycles. The fourth-order valence-electron chi connectivity index (χ4n) is 6.03. The lowest BCUT2D eigenvalue weighted by atomic mass is 9.90. The molecule has 20 atom stereocenters. The number of amides is 1. The fraction of sp³-hybridized carbons (Fsp3) is 0.931. The third kappa shape index (κ3) is 10.3. The molecule has 16 N–H and O–H groups in total. The summed E-state index contributed by atoms with van der Waals surface area (Å²) in [6.45, 7) is -1.98. The number of carbonyl (C=O) groups is 2. The van der Waals surface area contributed by atoms with E-state index in [0.29, 0.717) is 0 Å². The number of hydrogen-bond acceptors (Lipinski definition) is 22. The number of aliphatic hydroxyl groups excluding tert-OH is 14. The number of nitrogens with one attached hydrogen (secondary N) is 1. The first-order chi connectivity index (χ1) is 24.7. The van der Waals surface area contributed by atoms with Gasteiger partial charge in [0.2, 0.25) is 5.91 Å². The Hall–Kier alpha value is -1.86. The molecule has 0 aliphatic carbocycles. The van der Waals surface area contributed by atoms with Crippen molar-refractivity contribution < 1.29 is 115 Å². The highest BCUT2D eigenvalue weighted by molar-refractivity contribution is 5.76. The molecule has 3 saturated heterocycles. The maximum atomic E-state index is 12.4. The van der Waals surface area contributed by atoms with Crippen molar-refractivity contribution in [1.29, 1.82) is 0 Å². The summed E-state index contributed by atoms with van der Waals surface area (Å²) in [5.74, 6) is -5.77. The second-order valence-electron chi connectivity index (χ2n) is 13.1. The molecule has 310 valence electrons. The number of ether oxygens (including phenoxy) is 6. The molecule has 0 spiro atoms. The molecule has 24 nitrogen and oxygen atoms in total. The Morgan fingerprint density at radius 2 is 1.47 bits per heavy atom. The van der Waals surface area contributed by atoms with E-state index in [0.717, 1.165) is 6.92 Å². The quantitative estimate of drug-likeness (QED) is 0.0651. The third-order valence-electron chi connectivity index (χ3n) is 9.19. The summed E-state index contributed by atoms with van der Waals surface area (Å²) >= 11 is 0. The Labute approximate surface area is 300 Å². The van der Waals surface area contributed by atoms with Gasteiger partial charge in [0.05, 0.1) is 44.7 Å². The zero-order chi connectivity index (χ0) is 40.1. The van der Waals surface area contributed by atoms with Crippen LogP contribution < -0.4 is 5.32 Å². The van der Waals surface area contributed by atoms with E-state index in [1.165, 1.54) is 6.92 Å². The average Bonchev–Trinajstić information content (AvgIpc) is 3.12. The molecule has 0 aromatic rings. The highest BCUT2D eigenvalue weighted by Crippen LogP contribution is 2.35. The summed E-state index contributed by atoms with van der Waals surface area (Å²) in [6.07, 6.45) is -35.8. The fourth-order valence-corrected chi connectivity index (χ4v) is 6.03. The van der Waals surface area contributed by atoms with Crippen LogP contribution in [-0.2, 0) is 38.0 Å². The van der Waals surface area contributed by atoms with E-state index in [4.69, 9.17) is 28.4 Å². The van der Waals surface area contributed by atoms with Gasteiger partial charge in [-0.15, -0.1) is 0 Å². The lowest BCUT2D eigenvalue weighted by Crippen LogP contribution is -2.66. The first-order valence-corrected chi connectivity index (χ1v) is 16.5. The van der Waals surface area contributed by atoms with E-state index >= 15 is 0 Å². The van der Waals surface area contributed by atoms with Crippen molar-refractivity contribution in [3.8, 4) is 0 Å². The second kappa shape index (κ2) is 19.3. The molecule has 0 aromatic carbocycles. The van der Waals surface area contributed by atoms with Crippen LogP contribution in [0.25, 0.3) is 0 Å². The molecule has 0 aromatic heterocycles. The number of rotatable bonds is 17. The Kier molecular flexibility index (Phi) is 16.6. The highest BCUT2D eigenvalue weighted by Gasteiger charge is 2.56. The maximum Gasteiger partial charge on any atom is 0.364 e. The third-order valence-corrected chi connectivity index (χ3v) is 9.19. The Balaban J connectivity index is 1.92. The average molecular weight is 782 g/mol. The Bertz CT molecular complexity index is 1170. The van der Waals surface area contributed by atoms with E-state index in [2.05, 4.69) is 5.32 Å². The van der Waals surface area contributed by atoms with Crippen LogP contribution in [0.5, 0.6) is 0 Å². The van der Waals surface area contributed by atoms with Crippen molar-refractivity contribution >= 4 is 11.9 Å². The summed E-state index contributed by atoms with van der Waals surface area (Å²) in [4.78, 5) is 24.4. The van der Waals surface area contributed by atoms with Crippen molar-refractivity contribution in [1.82, 2.24) is 5.32 Å². The van der Waals surface area contributed by atoms with Crippen LogP contribution in [0.15, 0.2) is 0 Å². The van der Waals surface area contributed by atoms with Crippen LogP contribution in [-0.4, -0.2) is 237 Å². The monoisotopic (exact) mass is 781 g/mol. The van der Waals surface area contributed by atoms with Crippen molar-refractivity contribution in [2.45, 2.75) is 142 Å². The zero-order valence-electron chi connectivity index (χ0n) is 28.5. The first kappa shape index (κ1) is 45.5. The molecule has 3 aliphatic rings. The van der Waals surface area contributed by atoms with Crippen LogP contribution in [0.4, 0.5) is 0 Å².